The summed E-state index contributed by atoms with van der Waals surface area (Å²) < 4.78 is 24.6. The van der Waals surface area contributed by atoms with Crippen molar-refractivity contribution in [2.75, 3.05) is 13.7 Å². The first-order valence-electron chi connectivity index (χ1n) is 9.50. The second kappa shape index (κ2) is 8.67. The quantitative estimate of drug-likeness (QED) is 0.569. The molecule has 0 unspecified atom stereocenters. The maximum Gasteiger partial charge on any atom is 0.328 e. The lowest BCUT2D eigenvalue weighted by Crippen LogP contribution is -2.41. The highest BCUT2D eigenvalue weighted by atomic mass is 32.1. The molecular weight excluding hydrogens is 405 g/mol. The molecule has 0 N–H and O–H groups in total. The molecule has 2 atom stereocenters. The van der Waals surface area contributed by atoms with Crippen LogP contribution in [0.4, 0.5) is 4.39 Å². The molecule has 154 valence electrons. The first-order chi connectivity index (χ1) is 14.6. The van der Waals surface area contributed by atoms with Gasteiger partial charge in [0, 0.05) is 16.9 Å². The van der Waals surface area contributed by atoms with Crippen LogP contribution in [0.1, 0.15) is 16.8 Å². The average molecular weight is 425 g/mol. The number of nitrogens with zero attached hydrogens (tertiary/aromatic N) is 1. The van der Waals surface area contributed by atoms with E-state index in [1.165, 1.54) is 24.1 Å². The van der Waals surface area contributed by atoms with Crippen LogP contribution < -0.4 is 4.74 Å². The molecule has 0 saturated carbocycles. The van der Waals surface area contributed by atoms with Crippen LogP contribution in [0, 0.1) is 5.82 Å². The second-order valence-electron chi connectivity index (χ2n) is 6.96. The smallest absolute Gasteiger partial charge is 0.328 e. The van der Waals surface area contributed by atoms with Crippen molar-refractivity contribution in [3.8, 4) is 16.2 Å². The third-order valence-electron chi connectivity index (χ3n) is 5.06. The van der Waals surface area contributed by atoms with E-state index in [2.05, 4.69) is 0 Å². The zero-order valence-corrected chi connectivity index (χ0v) is 17.1. The van der Waals surface area contributed by atoms with Crippen molar-refractivity contribution in [2.24, 2.45) is 0 Å². The molecular formula is C23H20FNO4S. The van der Waals surface area contributed by atoms with Gasteiger partial charge >= 0.3 is 5.97 Å². The normalized spacial score (nSPS) is 18.3. The van der Waals surface area contributed by atoms with Gasteiger partial charge in [-0.2, -0.15) is 0 Å². The Morgan fingerprint density at radius 1 is 1.07 bits per heavy atom. The minimum absolute atomic E-state index is 0.0979. The van der Waals surface area contributed by atoms with Crippen molar-refractivity contribution < 1.29 is 23.5 Å². The summed E-state index contributed by atoms with van der Waals surface area (Å²) in [7, 11) is 1.28. The van der Waals surface area contributed by atoms with Crippen LogP contribution in [0.25, 0.3) is 10.4 Å². The molecule has 1 fully saturated rings. The van der Waals surface area contributed by atoms with Crippen LogP contribution in [0.5, 0.6) is 5.75 Å². The van der Waals surface area contributed by atoms with Gasteiger partial charge in [0.25, 0.3) is 5.91 Å². The van der Waals surface area contributed by atoms with Crippen LogP contribution in [-0.2, 0) is 9.53 Å². The van der Waals surface area contributed by atoms with Gasteiger partial charge in [0.05, 0.1) is 13.7 Å². The molecule has 1 aromatic heterocycles. The number of esters is 1. The van der Waals surface area contributed by atoms with Crippen molar-refractivity contribution in [1.82, 2.24) is 4.90 Å². The third kappa shape index (κ3) is 4.07. The van der Waals surface area contributed by atoms with Crippen molar-refractivity contribution in [3.63, 3.8) is 0 Å². The van der Waals surface area contributed by atoms with Gasteiger partial charge in [-0.25, -0.2) is 9.18 Å². The molecule has 7 heteroatoms. The Morgan fingerprint density at radius 2 is 1.83 bits per heavy atom. The number of halogens is 1. The van der Waals surface area contributed by atoms with Gasteiger partial charge in [-0.3, -0.25) is 4.79 Å². The maximum atomic E-state index is 13.9. The Balaban J connectivity index is 1.53. The second-order valence-corrected chi connectivity index (χ2v) is 7.90. The standard InChI is InChI=1S/C23H20FNO4S/c1-28-23(27)19-13-17(29-20-6-3-2-5-18(20)24)14-25(19)22(26)16-10-8-15(9-11-16)21-7-4-12-30-21/h2-12,17,19H,13-14H2,1H3/t17-,19+/m1/s1. The first-order valence-corrected chi connectivity index (χ1v) is 10.4. The van der Waals surface area contributed by atoms with E-state index >= 15 is 0 Å². The molecule has 3 aromatic rings. The molecule has 0 bridgehead atoms. The molecule has 2 aromatic carbocycles. The zero-order valence-electron chi connectivity index (χ0n) is 16.3. The summed E-state index contributed by atoms with van der Waals surface area (Å²) in [4.78, 5) is 28.0. The van der Waals surface area contributed by atoms with Gasteiger partial charge in [0.1, 0.15) is 12.1 Å². The fourth-order valence-electron chi connectivity index (χ4n) is 3.57. The highest BCUT2D eigenvalue weighted by Gasteiger charge is 2.42. The number of para-hydroxylation sites is 1. The average Bonchev–Trinajstić information content (AvgIpc) is 3.45. The fraction of sp³-hybridized carbons (Fsp3) is 0.217. The predicted molar refractivity (Wildman–Crippen MR) is 112 cm³/mol. The number of amides is 1. The molecule has 2 heterocycles. The Hall–Kier alpha value is -3.19. The Morgan fingerprint density at radius 3 is 2.50 bits per heavy atom. The van der Waals surface area contributed by atoms with E-state index in [1.54, 1.807) is 35.6 Å². The maximum absolute atomic E-state index is 13.9. The van der Waals surface area contributed by atoms with Gasteiger partial charge in [-0.1, -0.05) is 30.3 Å². The number of hydrogen-bond acceptors (Lipinski definition) is 5. The number of hydrogen-bond donors (Lipinski definition) is 0. The van der Waals surface area contributed by atoms with Crippen molar-refractivity contribution in [2.45, 2.75) is 18.6 Å². The molecule has 1 amide bonds. The van der Waals surface area contributed by atoms with E-state index < -0.39 is 23.9 Å². The first kappa shape index (κ1) is 20.1. The Bertz CT molecular complexity index is 1040. The largest absolute Gasteiger partial charge is 0.485 e. The molecule has 4 rings (SSSR count). The summed E-state index contributed by atoms with van der Waals surface area (Å²) >= 11 is 1.62. The molecule has 1 saturated heterocycles. The van der Waals surface area contributed by atoms with Crippen LogP contribution in [0.2, 0.25) is 0 Å². The number of carbonyl (C=O) groups is 2. The van der Waals surface area contributed by atoms with E-state index in [1.807, 2.05) is 29.6 Å². The number of carbonyl (C=O) groups excluding carboxylic acids is 2. The highest BCUT2D eigenvalue weighted by Crippen LogP contribution is 2.28. The Labute approximate surface area is 177 Å². The van der Waals surface area contributed by atoms with Crippen LogP contribution in [0.3, 0.4) is 0 Å². The number of benzene rings is 2. The molecule has 5 nitrogen and oxygen atoms in total. The molecule has 0 spiro atoms. The van der Waals surface area contributed by atoms with Crippen LogP contribution in [0.15, 0.2) is 66.0 Å². The van der Waals surface area contributed by atoms with E-state index in [0.29, 0.717) is 5.56 Å². The van der Waals surface area contributed by atoms with Gasteiger partial charge < -0.3 is 14.4 Å². The summed E-state index contributed by atoms with van der Waals surface area (Å²) in [5.74, 6) is -1.19. The topological polar surface area (TPSA) is 55.8 Å². The molecule has 1 aliphatic rings. The van der Waals surface area contributed by atoms with E-state index in [4.69, 9.17) is 9.47 Å². The number of likely N-dealkylation sites (tertiary alicyclic amines) is 1. The monoisotopic (exact) mass is 425 g/mol. The van der Waals surface area contributed by atoms with Crippen molar-refractivity contribution >= 4 is 23.2 Å². The van der Waals surface area contributed by atoms with Gasteiger partial charge in [-0.15, -0.1) is 11.3 Å². The van der Waals surface area contributed by atoms with Crippen LogP contribution in [-0.4, -0.2) is 42.6 Å². The molecule has 0 radical (unpaired) electrons. The van der Waals surface area contributed by atoms with E-state index in [-0.39, 0.29) is 24.6 Å². The number of ether oxygens (including phenoxy) is 2. The zero-order chi connectivity index (χ0) is 21.1. The summed E-state index contributed by atoms with van der Waals surface area (Å²) in [6.07, 6.45) is -0.277. The molecule has 0 aliphatic carbocycles. The summed E-state index contributed by atoms with van der Waals surface area (Å²) in [5, 5.41) is 2.00. The lowest BCUT2D eigenvalue weighted by atomic mass is 10.1. The summed E-state index contributed by atoms with van der Waals surface area (Å²) in [6, 6.07) is 16.5. The van der Waals surface area contributed by atoms with Crippen molar-refractivity contribution in [3.05, 3.63) is 77.4 Å². The molecule has 1 aliphatic heterocycles. The minimum atomic E-state index is -0.781. The van der Waals surface area contributed by atoms with Gasteiger partial charge in [0.2, 0.25) is 0 Å². The Kier molecular flexibility index (Phi) is 5.81. The summed E-state index contributed by atoms with van der Waals surface area (Å²) in [6.45, 7) is 0.166. The summed E-state index contributed by atoms with van der Waals surface area (Å²) in [5.41, 5.74) is 1.49. The predicted octanol–water partition coefficient (Wildman–Crippen LogP) is 4.39. The molecule has 30 heavy (non-hydrogen) atoms. The lowest BCUT2D eigenvalue weighted by Gasteiger charge is -2.22. The van der Waals surface area contributed by atoms with E-state index in [0.717, 1.165) is 10.4 Å². The lowest BCUT2D eigenvalue weighted by molar-refractivity contribution is -0.145. The SMILES string of the molecule is COC(=O)[C@@H]1C[C@@H](Oc2ccccc2F)CN1C(=O)c1ccc(-c2cccs2)cc1. The van der Waals surface area contributed by atoms with Gasteiger partial charge in [-0.05, 0) is 41.3 Å². The number of thiophene rings is 1. The van der Waals surface area contributed by atoms with Crippen molar-refractivity contribution in [1.29, 1.82) is 0 Å². The van der Waals surface area contributed by atoms with Gasteiger partial charge in [0.15, 0.2) is 11.6 Å². The van der Waals surface area contributed by atoms with Crippen LogP contribution >= 0.6 is 11.3 Å². The number of methoxy groups -OCH3 is 1. The number of rotatable bonds is 5. The highest BCUT2D eigenvalue weighted by molar-refractivity contribution is 7.13. The minimum Gasteiger partial charge on any atom is -0.485 e. The fourth-order valence-corrected chi connectivity index (χ4v) is 4.31. The van der Waals surface area contributed by atoms with E-state index in [9.17, 15) is 14.0 Å². The third-order valence-corrected chi connectivity index (χ3v) is 5.98.